The van der Waals surface area contributed by atoms with Gasteiger partial charge in [-0.15, -0.1) is 0 Å². The third-order valence-corrected chi connectivity index (χ3v) is 7.48. The topological polar surface area (TPSA) is 60.0 Å². The molecule has 1 amide bonds. The van der Waals surface area contributed by atoms with E-state index in [2.05, 4.69) is 70.3 Å². The number of fused-ring (bicyclic) bond motifs is 3. The fourth-order valence-electron chi connectivity index (χ4n) is 5.55. The number of piperidine rings is 1. The maximum absolute atomic E-state index is 12.9. The molecule has 2 aliphatic heterocycles. The predicted octanol–water partition coefficient (Wildman–Crippen LogP) is 6.07. The van der Waals surface area contributed by atoms with E-state index in [0.29, 0.717) is 6.61 Å². The first kappa shape index (κ1) is 26.8. The Kier molecular flexibility index (Phi) is 8.20. The van der Waals surface area contributed by atoms with E-state index in [1.165, 1.54) is 27.8 Å². The molecule has 2 heterocycles. The van der Waals surface area contributed by atoms with Gasteiger partial charge >= 0.3 is 6.09 Å². The van der Waals surface area contributed by atoms with Gasteiger partial charge in [-0.25, -0.2) is 4.79 Å². The van der Waals surface area contributed by atoms with E-state index < -0.39 is 5.60 Å². The fourth-order valence-corrected chi connectivity index (χ4v) is 5.72. The van der Waals surface area contributed by atoms with Crippen molar-refractivity contribution in [3.8, 4) is 11.5 Å². The van der Waals surface area contributed by atoms with Crippen molar-refractivity contribution in [2.75, 3.05) is 32.1 Å². The second-order valence-corrected chi connectivity index (χ2v) is 11.7. The molecule has 0 saturated carbocycles. The van der Waals surface area contributed by atoms with E-state index >= 15 is 0 Å². The van der Waals surface area contributed by atoms with Gasteiger partial charge in [-0.05, 0) is 81.8 Å². The number of methoxy groups -OCH3 is 1. The maximum atomic E-state index is 12.9. The van der Waals surface area contributed by atoms with E-state index in [9.17, 15) is 4.79 Å². The molecule has 6 nitrogen and oxygen atoms in total. The largest absolute Gasteiger partial charge is 0.493 e. The molecule has 4 rings (SSSR count). The Labute approximate surface area is 223 Å². The van der Waals surface area contributed by atoms with Gasteiger partial charge < -0.3 is 19.5 Å². The quantitative estimate of drug-likeness (QED) is 0.436. The summed E-state index contributed by atoms with van der Waals surface area (Å²) in [7, 11) is 1.69. The van der Waals surface area contributed by atoms with Gasteiger partial charge in [0.05, 0.1) is 13.7 Å². The molecule has 7 heteroatoms. The van der Waals surface area contributed by atoms with Gasteiger partial charge in [-0.3, -0.25) is 4.90 Å². The van der Waals surface area contributed by atoms with Crippen LogP contribution in [0.3, 0.4) is 0 Å². The second kappa shape index (κ2) is 11.0. The number of halogens is 1. The van der Waals surface area contributed by atoms with Crippen LogP contribution in [0.15, 0.2) is 30.3 Å². The number of alkyl halides is 1. The lowest BCUT2D eigenvalue weighted by Gasteiger charge is -2.48. The molecular formula is C29H39BrN2O4. The number of carbonyl (C=O) groups excluding carboxylic acids is 1. The molecule has 1 saturated heterocycles. The smallest absolute Gasteiger partial charge is 0.407 e. The first-order chi connectivity index (χ1) is 17.1. The number of hydrogen-bond acceptors (Lipinski definition) is 5. The summed E-state index contributed by atoms with van der Waals surface area (Å²) in [6, 6.07) is 11.0. The number of alkyl carbamates (subject to hydrolysis) is 1. The number of ether oxygens (including phenoxy) is 3. The van der Waals surface area contributed by atoms with Crippen LogP contribution < -0.4 is 14.8 Å². The van der Waals surface area contributed by atoms with Crippen molar-refractivity contribution in [3.05, 3.63) is 58.1 Å². The van der Waals surface area contributed by atoms with Gasteiger partial charge in [0.25, 0.3) is 0 Å². The summed E-state index contributed by atoms with van der Waals surface area (Å²) in [4.78, 5) is 15.5. The minimum absolute atomic E-state index is 0.0529. The molecule has 3 unspecified atom stereocenters. The van der Waals surface area contributed by atoms with Gasteiger partial charge in [-0.1, -0.05) is 39.7 Å². The van der Waals surface area contributed by atoms with Crippen molar-refractivity contribution in [1.29, 1.82) is 0 Å². The lowest BCUT2D eigenvalue weighted by Crippen LogP contribution is -2.53. The molecule has 3 atom stereocenters. The Hall–Kier alpha value is -2.25. The van der Waals surface area contributed by atoms with E-state index in [0.717, 1.165) is 42.8 Å². The van der Waals surface area contributed by atoms with Crippen LogP contribution in [0, 0.1) is 13.8 Å². The van der Waals surface area contributed by atoms with Crippen molar-refractivity contribution in [2.24, 2.45) is 0 Å². The van der Waals surface area contributed by atoms with E-state index in [-0.39, 0.29) is 24.1 Å². The number of hydrogen-bond donors (Lipinski definition) is 1. The zero-order chi connectivity index (χ0) is 26.0. The normalized spacial score (nSPS) is 21.8. The summed E-state index contributed by atoms with van der Waals surface area (Å²) >= 11 is 3.44. The highest BCUT2D eigenvalue weighted by Gasteiger charge is 2.41. The molecule has 0 bridgehead atoms. The number of carbonyl (C=O) groups is 1. The molecule has 2 aromatic rings. The minimum Gasteiger partial charge on any atom is -0.493 e. The Morgan fingerprint density at radius 3 is 2.61 bits per heavy atom. The molecule has 1 fully saturated rings. The number of benzene rings is 2. The van der Waals surface area contributed by atoms with Crippen LogP contribution >= 0.6 is 15.9 Å². The number of nitrogens with zero attached hydrogens (tertiary/aromatic N) is 1. The lowest BCUT2D eigenvalue weighted by atomic mass is 9.76. The zero-order valence-electron chi connectivity index (χ0n) is 22.3. The highest BCUT2D eigenvalue weighted by atomic mass is 79.9. The first-order valence-electron chi connectivity index (χ1n) is 12.8. The molecule has 0 spiro atoms. The molecule has 0 radical (unpaired) electrons. The highest BCUT2D eigenvalue weighted by Crippen LogP contribution is 2.45. The van der Waals surface area contributed by atoms with Gasteiger partial charge in [-0.2, -0.15) is 0 Å². The molecule has 36 heavy (non-hydrogen) atoms. The summed E-state index contributed by atoms with van der Waals surface area (Å²) in [5.74, 6) is 1.72. The summed E-state index contributed by atoms with van der Waals surface area (Å²) in [6.45, 7) is 12.4. The number of rotatable bonds is 6. The summed E-state index contributed by atoms with van der Waals surface area (Å²) in [6.07, 6.45) is 1.41. The zero-order valence-corrected chi connectivity index (χ0v) is 23.9. The second-order valence-electron chi connectivity index (χ2n) is 11.0. The fraction of sp³-hybridized carbons (Fsp3) is 0.552. The number of aryl methyl sites for hydroxylation is 2. The Balaban J connectivity index is 1.68. The van der Waals surface area contributed by atoms with Crippen LogP contribution in [0.5, 0.6) is 11.5 Å². The molecule has 2 aromatic carbocycles. The van der Waals surface area contributed by atoms with Crippen molar-refractivity contribution >= 4 is 22.0 Å². The Morgan fingerprint density at radius 2 is 1.92 bits per heavy atom. The number of amides is 1. The van der Waals surface area contributed by atoms with Crippen molar-refractivity contribution in [3.63, 3.8) is 0 Å². The molecule has 0 aromatic heterocycles. The average Bonchev–Trinajstić information content (AvgIpc) is 2.82. The summed E-state index contributed by atoms with van der Waals surface area (Å²) in [5, 5.41) is 4.02. The lowest BCUT2D eigenvalue weighted by molar-refractivity contribution is 0.0412. The van der Waals surface area contributed by atoms with Crippen molar-refractivity contribution in [1.82, 2.24) is 10.2 Å². The van der Waals surface area contributed by atoms with Crippen LogP contribution in [-0.2, 0) is 11.2 Å². The number of nitrogens with one attached hydrogen (secondary N) is 1. The third-order valence-electron chi connectivity index (χ3n) is 7.16. The summed E-state index contributed by atoms with van der Waals surface area (Å²) < 4.78 is 17.3. The van der Waals surface area contributed by atoms with Crippen LogP contribution in [-0.4, -0.2) is 54.8 Å². The molecular weight excluding hydrogens is 520 g/mol. The molecule has 1 N–H and O–H groups in total. The SMILES string of the molecule is COc1cc2c(cc1OCCBr)CCN1CC(c3cc(C)ccc3C)C(NC(=O)OC(C)(C)C)CC21. The van der Waals surface area contributed by atoms with Crippen LogP contribution in [0.4, 0.5) is 4.79 Å². The maximum Gasteiger partial charge on any atom is 0.407 e. The average molecular weight is 560 g/mol. The Bertz CT molecular complexity index is 1100. The minimum atomic E-state index is -0.546. The van der Waals surface area contributed by atoms with Crippen molar-refractivity contribution < 1.29 is 19.0 Å². The molecule has 2 aliphatic rings. The van der Waals surface area contributed by atoms with E-state index in [1.54, 1.807) is 7.11 Å². The van der Waals surface area contributed by atoms with Gasteiger partial charge in [0.15, 0.2) is 11.5 Å². The van der Waals surface area contributed by atoms with Crippen LogP contribution in [0.1, 0.15) is 67.0 Å². The van der Waals surface area contributed by atoms with Gasteiger partial charge in [0.1, 0.15) is 5.60 Å². The standard InChI is InChI=1S/C29H39BrN2O4/c1-18-7-8-19(2)21(13-18)23-17-32-11-9-20-14-27(35-12-10-30)26(34-6)15-22(20)25(32)16-24(23)31-28(33)36-29(3,4)5/h7-8,13-15,23-25H,9-12,16-17H2,1-6H3,(H,31,33). The first-order valence-corrected chi connectivity index (χ1v) is 13.9. The van der Waals surface area contributed by atoms with Crippen molar-refractivity contribution in [2.45, 2.75) is 71.1 Å². The van der Waals surface area contributed by atoms with Gasteiger partial charge in [0.2, 0.25) is 0 Å². The van der Waals surface area contributed by atoms with E-state index in [1.807, 2.05) is 20.8 Å². The third kappa shape index (κ3) is 6.00. The predicted molar refractivity (Wildman–Crippen MR) is 147 cm³/mol. The molecule has 196 valence electrons. The van der Waals surface area contributed by atoms with Crippen LogP contribution in [0.2, 0.25) is 0 Å². The van der Waals surface area contributed by atoms with E-state index in [4.69, 9.17) is 14.2 Å². The highest BCUT2D eigenvalue weighted by molar-refractivity contribution is 9.09. The van der Waals surface area contributed by atoms with Gasteiger partial charge in [0, 0.05) is 36.4 Å². The Morgan fingerprint density at radius 1 is 1.14 bits per heavy atom. The monoisotopic (exact) mass is 558 g/mol. The molecule has 0 aliphatic carbocycles. The van der Waals surface area contributed by atoms with Crippen LogP contribution in [0.25, 0.3) is 0 Å². The summed E-state index contributed by atoms with van der Waals surface area (Å²) in [5.41, 5.74) is 5.81.